The van der Waals surface area contributed by atoms with Crippen molar-refractivity contribution in [1.29, 1.82) is 0 Å². The van der Waals surface area contributed by atoms with Gasteiger partial charge in [0.25, 0.3) is 0 Å². The van der Waals surface area contributed by atoms with Crippen molar-refractivity contribution in [2.45, 2.75) is 52.5 Å². The number of rotatable bonds is 11. The molecule has 28 heavy (non-hydrogen) atoms. The Bertz CT molecular complexity index is 662. The molecule has 0 saturated heterocycles. The topological polar surface area (TPSA) is 74.8 Å². The number of carbonyl (C=O) groups is 1. The highest BCUT2D eigenvalue weighted by atomic mass is 19.1. The zero-order valence-corrected chi connectivity index (χ0v) is 17.2. The number of hydrogen-bond donors (Lipinski definition) is 3. The first-order valence-corrected chi connectivity index (χ1v) is 10.3. The zero-order chi connectivity index (χ0) is 20.4. The third-order valence-electron chi connectivity index (χ3n) is 4.51. The van der Waals surface area contributed by atoms with Gasteiger partial charge in [0.2, 0.25) is 5.91 Å². The van der Waals surface area contributed by atoms with Gasteiger partial charge in [-0.1, -0.05) is 13.0 Å². The largest absolute Gasteiger partial charge is 0.490 e. The second-order valence-corrected chi connectivity index (χ2v) is 7.17. The summed E-state index contributed by atoms with van der Waals surface area (Å²) in [5.74, 6) is 1.15. The number of hydrogen-bond acceptors (Lipinski definition) is 3. The van der Waals surface area contributed by atoms with Gasteiger partial charge < -0.3 is 20.7 Å². The van der Waals surface area contributed by atoms with Crippen LogP contribution in [0.1, 0.15) is 58.1 Å². The average Bonchev–Trinajstić information content (AvgIpc) is 3.49. The third-order valence-corrected chi connectivity index (χ3v) is 4.51. The fourth-order valence-corrected chi connectivity index (χ4v) is 2.63. The molecule has 2 rings (SSSR count). The molecule has 1 atom stereocenters. The molecule has 0 aromatic heterocycles. The summed E-state index contributed by atoms with van der Waals surface area (Å²) in [7, 11) is 0. The van der Waals surface area contributed by atoms with Crippen molar-refractivity contribution in [1.82, 2.24) is 16.0 Å². The van der Waals surface area contributed by atoms with E-state index in [0.29, 0.717) is 50.3 Å². The first-order chi connectivity index (χ1) is 13.5. The van der Waals surface area contributed by atoms with E-state index >= 15 is 0 Å². The number of halogens is 1. The maximum absolute atomic E-state index is 14.3. The van der Waals surface area contributed by atoms with E-state index in [1.54, 1.807) is 6.07 Å². The van der Waals surface area contributed by atoms with E-state index in [4.69, 9.17) is 4.74 Å². The van der Waals surface area contributed by atoms with Crippen LogP contribution < -0.4 is 20.7 Å². The van der Waals surface area contributed by atoms with Crippen LogP contribution in [0, 0.1) is 11.7 Å². The Morgan fingerprint density at radius 2 is 2.11 bits per heavy atom. The number of nitrogens with one attached hydrogen (secondary N) is 3. The minimum atomic E-state index is -0.346. The number of nitrogens with zero attached hydrogens (tertiary/aromatic N) is 1. The minimum absolute atomic E-state index is 0.00152. The zero-order valence-electron chi connectivity index (χ0n) is 17.2. The van der Waals surface area contributed by atoms with Crippen molar-refractivity contribution in [3.05, 3.63) is 29.6 Å². The van der Waals surface area contributed by atoms with E-state index in [1.807, 2.05) is 26.8 Å². The lowest BCUT2D eigenvalue weighted by Gasteiger charge is -2.19. The van der Waals surface area contributed by atoms with Gasteiger partial charge in [-0.2, -0.15) is 0 Å². The Morgan fingerprint density at radius 3 is 2.75 bits per heavy atom. The summed E-state index contributed by atoms with van der Waals surface area (Å²) in [5, 5.41) is 9.25. The fourth-order valence-electron chi connectivity index (χ4n) is 2.63. The molecule has 0 bridgehead atoms. The molecule has 1 aromatic rings. The average molecular weight is 393 g/mol. The lowest BCUT2D eigenvalue weighted by molar-refractivity contribution is -0.120. The van der Waals surface area contributed by atoms with Crippen LogP contribution in [0.15, 0.2) is 23.2 Å². The summed E-state index contributed by atoms with van der Waals surface area (Å²) in [6.07, 6.45) is 3.60. The second-order valence-electron chi connectivity index (χ2n) is 7.17. The smallest absolute Gasteiger partial charge is 0.221 e. The monoisotopic (exact) mass is 392 g/mol. The molecule has 0 spiro atoms. The Kier molecular flexibility index (Phi) is 9.04. The van der Waals surface area contributed by atoms with E-state index in [-0.39, 0.29) is 17.8 Å². The number of guanidine groups is 1. The van der Waals surface area contributed by atoms with Crippen molar-refractivity contribution >= 4 is 11.9 Å². The van der Waals surface area contributed by atoms with Gasteiger partial charge in [0.05, 0.1) is 19.2 Å². The van der Waals surface area contributed by atoms with Gasteiger partial charge >= 0.3 is 0 Å². The molecule has 0 radical (unpaired) electrons. The lowest BCUT2D eigenvalue weighted by atomic mass is 10.1. The summed E-state index contributed by atoms with van der Waals surface area (Å²) in [4.78, 5) is 16.1. The molecule has 3 N–H and O–H groups in total. The molecule has 1 aromatic carbocycles. The number of aliphatic imine (C=N–C) groups is 1. The molecule has 156 valence electrons. The Balaban J connectivity index is 1.89. The van der Waals surface area contributed by atoms with Gasteiger partial charge in [-0.05, 0) is 56.7 Å². The van der Waals surface area contributed by atoms with Crippen LogP contribution in [0.25, 0.3) is 0 Å². The molecular weight excluding hydrogens is 359 g/mol. The molecule has 1 unspecified atom stereocenters. The molecule has 1 amide bonds. The normalized spacial score (nSPS) is 15.1. The molecule has 1 aliphatic carbocycles. The van der Waals surface area contributed by atoms with Gasteiger partial charge in [-0.3, -0.25) is 9.79 Å². The molecule has 1 aliphatic rings. The maximum Gasteiger partial charge on any atom is 0.221 e. The number of ether oxygens (including phenoxy) is 1. The molecule has 1 fully saturated rings. The van der Waals surface area contributed by atoms with E-state index in [0.717, 1.165) is 12.0 Å². The van der Waals surface area contributed by atoms with Crippen LogP contribution >= 0.6 is 0 Å². The first-order valence-electron chi connectivity index (χ1n) is 10.3. The predicted molar refractivity (Wildman–Crippen MR) is 110 cm³/mol. The molecule has 0 aliphatic heterocycles. The number of carbonyl (C=O) groups excluding carboxylic acids is 1. The number of benzene rings is 1. The van der Waals surface area contributed by atoms with Crippen LogP contribution in [-0.4, -0.2) is 38.1 Å². The van der Waals surface area contributed by atoms with Crippen LogP contribution in [0.4, 0.5) is 4.39 Å². The van der Waals surface area contributed by atoms with E-state index < -0.39 is 0 Å². The summed E-state index contributed by atoms with van der Waals surface area (Å²) < 4.78 is 19.9. The minimum Gasteiger partial charge on any atom is -0.490 e. The third kappa shape index (κ3) is 7.74. The number of amides is 1. The van der Waals surface area contributed by atoms with E-state index in [9.17, 15) is 9.18 Å². The van der Waals surface area contributed by atoms with Crippen LogP contribution in [0.5, 0.6) is 5.75 Å². The molecule has 7 heteroatoms. The standard InChI is InChI=1S/C21H33FN4O2/c1-4-11-24-20(27)10-12-25-21(23-5-2)26-15(3)17-8-9-19(18(22)13-17)28-14-16-6-7-16/h8-9,13,15-16H,4-7,10-12,14H2,1-3H3,(H,24,27)(H2,23,25,26). The first kappa shape index (κ1) is 22.0. The summed E-state index contributed by atoms with van der Waals surface area (Å²) in [6.45, 7) is 8.29. The van der Waals surface area contributed by atoms with Gasteiger partial charge in [0, 0.05) is 19.5 Å². The van der Waals surface area contributed by atoms with E-state index in [1.165, 1.54) is 18.9 Å². The van der Waals surface area contributed by atoms with Crippen molar-refractivity contribution in [2.24, 2.45) is 10.9 Å². The van der Waals surface area contributed by atoms with Crippen molar-refractivity contribution in [3.63, 3.8) is 0 Å². The summed E-state index contributed by atoms with van der Waals surface area (Å²) >= 11 is 0. The Hall–Kier alpha value is -2.31. The Morgan fingerprint density at radius 1 is 1.32 bits per heavy atom. The second kappa shape index (κ2) is 11.5. The van der Waals surface area contributed by atoms with Crippen molar-refractivity contribution in [2.75, 3.05) is 26.2 Å². The van der Waals surface area contributed by atoms with Gasteiger partial charge in [-0.25, -0.2) is 4.39 Å². The van der Waals surface area contributed by atoms with Crippen LogP contribution in [-0.2, 0) is 4.79 Å². The fraction of sp³-hybridized carbons (Fsp3) is 0.619. The molecule has 1 saturated carbocycles. The van der Waals surface area contributed by atoms with Crippen LogP contribution in [0.2, 0.25) is 0 Å². The summed E-state index contributed by atoms with van der Waals surface area (Å²) in [5.41, 5.74) is 0.808. The molecule has 6 nitrogen and oxygen atoms in total. The predicted octanol–water partition coefficient (Wildman–Crippen LogP) is 3.15. The quantitative estimate of drug-likeness (QED) is 0.399. The van der Waals surface area contributed by atoms with Crippen molar-refractivity contribution in [3.8, 4) is 5.75 Å². The van der Waals surface area contributed by atoms with Gasteiger partial charge in [-0.15, -0.1) is 0 Å². The van der Waals surface area contributed by atoms with E-state index in [2.05, 4.69) is 20.9 Å². The molecule has 0 heterocycles. The highest BCUT2D eigenvalue weighted by Gasteiger charge is 2.22. The van der Waals surface area contributed by atoms with Crippen molar-refractivity contribution < 1.29 is 13.9 Å². The van der Waals surface area contributed by atoms with Crippen LogP contribution in [0.3, 0.4) is 0 Å². The molecular formula is C21H33FN4O2. The highest BCUT2D eigenvalue weighted by Crippen LogP contribution is 2.30. The van der Waals surface area contributed by atoms with Gasteiger partial charge in [0.1, 0.15) is 0 Å². The highest BCUT2D eigenvalue weighted by molar-refractivity contribution is 5.81. The van der Waals surface area contributed by atoms with Gasteiger partial charge in [0.15, 0.2) is 17.5 Å². The maximum atomic E-state index is 14.3. The Labute approximate surface area is 167 Å². The SMILES string of the molecule is CCCNC(=O)CCN=C(NCC)NC(C)c1ccc(OCC2CC2)c(F)c1. The lowest BCUT2D eigenvalue weighted by Crippen LogP contribution is -2.39. The summed E-state index contributed by atoms with van der Waals surface area (Å²) in [6, 6.07) is 4.92.